The van der Waals surface area contributed by atoms with Gasteiger partial charge in [-0.1, -0.05) is 53.7 Å². The SMILES string of the molecule is NC(=NO)c1cccc(CNCCc2ccccc2)c1. The molecule has 4 nitrogen and oxygen atoms in total. The average Bonchev–Trinajstić information content (AvgIpc) is 2.52. The third-order valence-electron chi connectivity index (χ3n) is 3.09. The Kier molecular flexibility index (Phi) is 5.15. The Labute approximate surface area is 118 Å². The second-order valence-electron chi connectivity index (χ2n) is 4.60. The molecular formula is C16H19N3O. The van der Waals surface area contributed by atoms with Gasteiger partial charge in [0.1, 0.15) is 0 Å². The van der Waals surface area contributed by atoms with Crippen molar-refractivity contribution in [3.63, 3.8) is 0 Å². The van der Waals surface area contributed by atoms with Crippen molar-refractivity contribution in [3.05, 3.63) is 71.3 Å². The minimum Gasteiger partial charge on any atom is -0.409 e. The van der Waals surface area contributed by atoms with Gasteiger partial charge in [0, 0.05) is 12.1 Å². The number of rotatable bonds is 6. The second kappa shape index (κ2) is 7.31. The van der Waals surface area contributed by atoms with E-state index in [4.69, 9.17) is 10.9 Å². The maximum atomic E-state index is 8.67. The van der Waals surface area contributed by atoms with Crippen LogP contribution in [0, 0.1) is 0 Å². The molecule has 0 spiro atoms. The maximum Gasteiger partial charge on any atom is 0.170 e. The molecule has 2 aromatic carbocycles. The van der Waals surface area contributed by atoms with E-state index in [9.17, 15) is 0 Å². The summed E-state index contributed by atoms with van der Waals surface area (Å²) in [6.45, 7) is 1.68. The highest BCUT2D eigenvalue weighted by molar-refractivity contribution is 5.97. The smallest absolute Gasteiger partial charge is 0.170 e. The third-order valence-corrected chi connectivity index (χ3v) is 3.09. The fourth-order valence-corrected chi connectivity index (χ4v) is 2.01. The summed E-state index contributed by atoms with van der Waals surface area (Å²) in [7, 11) is 0. The number of amidine groups is 1. The van der Waals surface area contributed by atoms with Crippen LogP contribution in [0.25, 0.3) is 0 Å². The first kappa shape index (κ1) is 14.1. The molecule has 0 amide bonds. The van der Waals surface area contributed by atoms with Gasteiger partial charge in [-0.2, -0.15) is 0 Å². The number of hydrogen-bond acceptors (Lipinski definition) is 3. The Hall–Kier alpha value is -2.33. The molecule has 2 rings (SSSR count). The fourth-order valence-electron chi connectivity index (χ4n) is 2.01. The molecule has 0 aliphatic carbocycles. The Bertz CT molecular complexity index is 567. The number of oxime groups is 1. The van der Waals surface area contributed by atoms with E-state index in [-0.39, 0.29) is 5.84 Å². The van der Waals surface area contributed by atoms with Gasteiger partial charge < -0.3 is 16.3 Å². The van der Waals surface area contributed by atoms with Gasteiger partial charge in [0.2, 0.25) is 0 Å². The number of benzene rings is 2. The van der Waals surface area contributed by atoms with Gasteiger partial charge in [0.25, 0.3) is 0 Å². The highest BCUT2D eigenvalue weighted by Crippen LogP contribution is 2.05. The molecule has 2 aromatic rings. The summed E-state index contributed by atoms with van der Waals surface area (Å²) < 4.78 is 0. The van der Waals surface area contributed by atoms with E-state index in [0.29, 0.717) is 0 Å². The Balaban J connectivity index is 1.82. The molecule has 0 radical (unpaired) electrons. The van der Waals surface area contributed by atoms with Crippen molar-refractivity contribution in [2.24, 2.45) is 10.9 Å². The lowest BCUT2D eigenvalue weighted by Crippen LogP contribution is -2.18. The molecule has 0 atom stereocenters. The van der Waals surface area contributed by atoms with Crippen LogP contribution >= 0.6 is 0 Å². The molecular weight excluding hydrogens is 250 g/mol. The van der Waals surface area contributed by atoms with Crippen molar-refractivity contribution in [2.75, 3.05) is 6.54 Å². The van der Waals surface area contributed by atoms with Crippen LogP contribution in [0.1, 0.15) is 16.7 Å². The zero-order valence-corrected chi connectivity index (χ0v) is 11.3. The van der Waals surface area contributed by atoms with E-state index in [1.54, 1.807) is 0 Å². The predicted molar refractivity (Wildman–Crippen MR) is 80.8 cm³/mol. The quantitative estimate of drug-likeness (QED) is 0.247. The minimum atomic E-state index is 0.135. The van der Waals surface area contributed by atoms with Crippen LogP contribution in [-0.2, 0) is 13.0 Å². The third kappa shape index (κ3) is 4.10. The zero-order chi connectivity index (χ0) is 14.2. The Morgan fingerprint density at radius 2 is 1.80 bits per heavy atom. The molecule has 0 aliphatic heterocycles. The van der Waals surface area contributed by atoms with Gasteiger partial charge in [-0.15, -0.1) is 0 Å². The summed E-state index contributed by atoms with van der Waals surface area (Å²) >= 11 is 0. The minimum absolute atomic E-state index is 0.135. The molecule has 20 heavy (non-hydrogen) atoms. The standard InChI is InChI=1S/C16H19N3O/c17-16(19-20)15-8-4-7-14(11-15)12-18-10-9-13-5-2-1-3-6-13/h1-8,11,18,20H,9-10,12H2,(H2,17,19). The summed E-state index contributed by atoms with van der Waals surface area (Å²) in [4.78, 5) is 0. The molecule has 4 N–H and O–H groups in total. The van der Waals surface area contributed by atoms with E-state index in [1.165, 1.54) is 5.56 Å². The van der Waals surface area contributed by atoms with Crippen molar-refractivity contribution in [2.45, 2.75) is 13.0 Å². The predicted octanol–water partition coefficient (Wildman–Crippen LogP) is 2.11. The monoisotopic (exact) mass is 269 g/mol. The Morgan fingerprint density at radius 1 is 1.05 bits per heavy atom. The van der Waals surface area contributed by atoms with Gasteiger partial charge in [0.15, 0.2) is 5.84 Å². The van der Waals surface area contributed by atoms with E-state index in [1.807, 2.05) is 30.3 Å². The summed E-state index contributed by atoms with van der Waals surface area (Å²) in [6.07, 6.45) is 1.00. The molecule has 4 heteroatoms. The summed E-state index contributed by atoms with van der Waals surface area (Å²) in [6, 6.07) is 18.0. The summed E-state index contributed by atoms with van der Waals surface area (Å²) in [5.74, 6) is 0.135. The van der Waals surface area contributed by atoms with Crippen LogP contribution in [0.3, 0.4) is 0 Å². The van der Waals surface area contributed by atoms with Crippen molar-refractivity contribution >= 4 is 5.84 Å². The van der Waals surface area contributed by atoms with Crippen LogP contribution in [0.4, 0.5) is 0 Å². The lowest BCUT2D eigenvalue weighted by atomic mass is 10.1. The van der Waals surface area contributed by atoms with E-state index in [2.05, 4.69) is 34.7 Å². The van der Waals surface area contributed by atoms with Crippen LogP contribution in [-0.4, -0.2) is 17.6 Å². The van der Waals surface area contributed by atoms with Crippen molar-refractivity contribution < 1.29 is 5.21 Å². The van der Waals surface area contributed by atoms with Gasteiger partial charge in [-0.05, 0) is 30.2 Å². The molecule has 0 saturated heterocycles. The van der Waals surface area contributed by atoms with E-state index < -0.39 is 0 Å². The van der Waals surface area contributed by atoms with Gasteiger partial charge >= 0.3 is 0 Å². The molecule has 0 unspecified atom stereocenters. The van der Waals surface area contributed by atoms with Gasteiger partial charge in [-0.3, -0.25) is 0 Å². The molecule has 104 valence electrons. The number of hydrogen-bond donors (Lipinski definition) is 3. The molecule has 0 aliphatic rings. The molecule has 0 heterocycles. The Morgan fingerprint density at radius 3 is 2.55 bits per heavy atom. The zero-order valence-electron chi connectivity index (χ0n) is 11.3. The maximum absolute atomic E-state index is 8.67. The first-order valence-corrected chi connectivity index (χ1v) is 6.61. The topological polar surface area (TPSA) is 70.6 Å². The largest absolute Gasteiger partial charge is 0.409 e. The van der Waals surface area contributed by atoms with Crippen LogP contribution in [0.5, 0.6) is 0 Å². The fraction of sp³-hybridized carbons (Fsp3) is 0.188. The first-order valence-electron chi connectivity index (χ1n) is 6.61. The first-order chi connectivity index (χ1) is 9.79. The highest BCUT2D eigenvalue weighted by Gasteiger charge is 2.00. The lowest BCUT2D eigenvalue weighted by Gasteiger charge is -2.07. The summed E-state index contributed by atoms with van der Waals surface area (Å²) in [5.41, 5.74) is 8.74. The van der Waals surface area contributed by atoms with Crippen LogP contribution in [0.2, 0.25) is 0 Å². The highest BCUT2D eigenvalue weighted by atomic mass is 16.4. The molecule has 0 bridgehead atoms. The lowest BCUT2D eigenvalue weighted by molar-refractivity contribution is 0.318. The molecule has 0 fully saturated rings. The van der Waals surface area contributed by atoms with Gasteiger partial charge in [-0.25, -0.2) is 0 Å². The van der Waals surface area contributed by atoms with Crippen molar-refractivity contribution in [3.8, 4) is 0 Å². The van der Waals surface area contributed by atoms with Crippen molar-refractivity contribution in [1.82, 2.24) is 5.32 Å². The average molecular weight is 269 g/mol. The molecule has 0 saturated carbocycles. The van der Waals surface area contributed by atoms with Crippen LogP contribution < -0.4 is 11.1 Å². The second-order valence-corrected chi connectivity index (χ2v) is 4.60. The molecule has 0 aromatic heterocycles. The number of nitrogens with one attached hydrogen (secondary N) is 1. The number of nitrogens with two attached hydrogens (primary N) is 1. The van der Waals surface area contributed by atoms with E-state index in [0.717, 1.165) is 30.6 Å². The van der Waals surface area contributed by atoms with Crippen LogP contribution in [0.15, 0.2) is 59.8 Å². The normalized spacial score (nSPS) is 11.5. The van der Waals surface area contributed by atoms with E-state index >= 15 is 0 Å². The van der Waals surface area contributed by atoms with Crippen molar-refractivity contribution in [1.29, 1.82) is 0 Å². The summed E-state index contributed by atoms with van der Waals surface area (Å²) in [5, 5.41) is 15.1. The van der Waals surface area contributed by atoms with Gasteiger partial charge in [0.05, 0.1) is 0 Å². The number of nitrogens with zero attached hydrogens (tertiary/aromatic N) is 1.